The van der Waals surface area contributed by atoms with Gasteiger partial charge in [-0.25, -0.2) is 0 Å². The van der Waals surface area contributed by atoms with Crippen LogP contribution in [0.5, 0.6) is 0 Å². The normalized spacial score (nSPS) is 21.1. The smallest absolute Gasteiger partial charge is 0.216 e. The van der Waals surface area contributed by atoms with Gasteiger partial charge in [0.25, 0.3) is 0 Å². The number of hydrogen-bond acceptors (Lipinski definition) is 3. The number of hydrogen-bond donors (Lipinski definition) is 3. The highest BCUT2D eigenvalue weighted by Crippen LogP contribution is 2.38. The van der Waals surface area contributed by atoms with E-state index in [0.29, 0.717) is 18.0 Å². The zero-order valence-electron chi connectivity index (χ0n) is 13.1. The van der Waals surface area contributed by atoms with Gasteiger partial charge in [-0.1, -0.05) is 23.7 Å². The fourth-order valence-electron chi connectivity index (χ4n) is 3.22. The summed E-state index contributed by atoms with van der Waals surface area (Å²) in [7, 11) is 0. The predicted octanol–water partition coefficient (Wildman–Crippen LogP) is 2.44. The first kappa shape index (κ1) is 17.3. The first-order valence-electron chi connectivity index (χ1n) is 7.96. The Morgan fingerprint density at radius 3 is 3.00 bits per heavy atom. The van der Waals surface area contributed by atoms with Crippen molar-refractivity contribution in [2.45, 2.75) is 38.2 Å². The van der Waals surface area contributed by atoms with Gasteiger partial charge in [0.1, 0.15) is 0 Å². The van der Waals surface area contributed by atoms with Gasteiger partial charge in [0.2, 0.25) is 5.91 Å². The fraction of sp³-hybridized carbons (Fsp3) is 0.588. The molecule has 2 rings (SSSR count). The van der Waals surface area contributed by atoms with Gasteiger partial charge in [0.05, 0.1) is 5.60 Å². The molecule has 4 nitrogen and oxygen atoms in total. The maximum Gasteiger partial charge on any atom is 0.216 e. The van der Waals surface area contributed by atoms with Crippen molar-refractivity contribution < 1.29 is 9.90 Å². The van der Waals surface area contributed by atoms with E-state index >= 15 is 0 Å². The van der Waals surface area contributed by atoms with E-state index in [1.165, 1.54) is 6.92 Å². The summed E-state index contributed by atoms with van der Waals surface area (Å²) >= 11 is 6.11. The molecule has 0 aliphatic carbocycles. The van der Waals surface area contributed by atoms with Crippen molar-refractivity contribution >= 4 is 17.5 Å². The molecule has 1 aliphatic heterocycles. The summed E-state index contributed by atoms with van der Waals surface area (Å²) in [4.78, 5) is 11.0. The number of benzene rings is 1. The molecule has 0 aromatic heterocycles. The average molecular weight is 325 g/mol. The van der Waals surface area contributed by atoms with Crippen LogP contribution in [0.4, 0.5) is 0 Å². The number of nitrogens with one attached hydrogen (secondary N) is 2. The van der Waals surface area contributed by atoms with Crippen molar-refractivity contribution in [1.82, 2.24) is 10.6 Å². The Hall–Kier alpha value is -1.10. The van der Waals surface area contributed by atoms with Crippen LogP contribution in [0.1, 0.15) is 38.2 Å². The molecule has 1 aromatic rings. The molecule has 0 spiro atoms. The quantitative estimate of drug-likeness (QED) is 0.704. The van der Waals surface area contributed by atoms with Crippen molar-refractivity contribution in [2.75, 3.05) is 19.6 Å². The largest absolute Gasteiger partial charge is 0.385 e. The van der Waals surface area contributed by atoms with E-state index in [4.69, 9.17) is 11.6 Å². The lowest BCUT2D eigenvalue weighted by molar-refractivity contribution is -0.119. The highest BCUT2D eigenvalue weighted by atomic mass is 35.5. The molecule has 2 atom stereocenters. The van der Waals surface area contributed by atoms with E-state index in [-0.39, 0.29) is 11.8 Å². The molecule has 0 radical (unpaired) electrons. The van der Waals surface area contributed by atoms with Crippen molar-refractivity contribution in [2.24, 2.45) is 5.92 Å². The molecule has 1 saturated heterocycles. The second-order valence-corrected chi connectivity index (χ2v) is 6.50. The van der Waals surface area contributed by atoms with Crippen LogP contribution < -0.4 is 10.6 Å². The van der Waals surface area contributed by atoms with E-state index in [2.05, 4.69) is 10.6 Å². The molecular formula is C17H25ClN2O2. The highest BCUT2D eigenvalue weighted by Gasteiger charge is 2.38. The summed E-state index contributed by atoms with van der Waals surface area (Å²) in [5.41, 5.74) is -0.0342. The van der Waals surface area contributed by atoms with E-state index in [1.54, 1.807) is 0 Å². The van der Waals surface area contributed by atoms with Gasteiger partial charge in [0, 0.05) is 31.0 Å². The number of piperidine rings is 1. The predicted molar refractivity (Wildman–Crippen MR) is 88.9 cm³/mol. The Morgan fingerprint density at radius 1 is 1.55 bits per heavy atom. The maximum atomic E-state index is 11.4. The third-order valence-electron chi connectivity index (χ3n) is 4.41. The second kappa shape index (κ2) is 7.95. The average Bonchev–Trinajstić information content (AvgIpc) is 2.52. The summed E-state index contributed by atoms with van der Waals surface area (Å²) in [5, 5.41) is 18.2. The number of rotatable bonds is 6. The molecule has 1 aromatic carbocycles. The van der Waals surface area contributed by atoms with E-state index < -0.39 is 5.60 Å². The first-order valence-corrected chi connectivity index (χ1v) is 8.34. The van der Waals surface area contributed by atoms with Gasteiger partial charge in [-0.15, -0.1) is 0 Å². The molecule has 122 valence electrons. The van der Waals surface area contributed by atoms with Gasteiger partial charge in [-0.2, -0.15) is 0 Å². The molecule has 1 aliphatic rings. The molecule has 3 N–H and O–H groups in total. The molecule has 1 heterocycles. The van der Waals surface area contributed by atoms with E-state index in [9.17, 15) is 9.90 Å². The zero-order valence-corrected chi connectivity index (χ0v) is 13.8. The standard InChI is InChI=1S/C17H25ClN2O2/c1-13(21)20-10-4-8-17(22,15-6-3-9-19-12-15)14-5-2-7-16(18)11-14/h2,5,7,11,15,19,22H,3-4,6,8-10,12H2,1H3,(H,20,21)/t15-,17-/m1/s1. The van der Waals surface area contributed by atoms with Crippen LogP contribution in [0.15, 0.2) is 24.3 Å². The molecule has 1 fully saturated rings. The lowest BCUT2D eigenvalue weighted by atomic mass is 9.74. The fourth-order valence-corrected chi connectivity index (χ4v) is 3.41. The Balaban J connectivity index is 2.13. The minimum atomic E-state index is -0.906. The van der Waals surface area contributed by atoms with Crippen LogP contribution >= 0.6 is 11.6 Å². The first-order chi connectivity index (χ1) is 10.5. The van der Waals surface area contributed by atoms with Crippen molar-refractivity contribution in [3.8, 4) is 0 Å². The van der Waals surface area contributed by atoms with Crippen LogP contribution in [-0.4, -0.2) is 30.6 Å². The Labute approximate surface area is 137 Å². The molecule has 22 heavy (non-hydrogen) atoms. The summed E-state index contributed by atoms with van der Waals surface area (Å²) in [6, 6.07) is 7.50. The van der Waals surface area contributed by atoms with Crippen LogP contribution in [0.2, 0.25) is 5.02 Å². The number of halogens is 1. The zero-order chi connectivity index (χ0) is 16.0. The lowest BCUT2D eigenvalue weighted by Gasteiger charge is -2.39. The third kappa shape index (κ3) is 4.45. The monoisotopic (exact) mass is 324 g/mol. The van der Waals surface area contributed by atoms with Crippen LogP contribution in [-0.2, 0) is 10.4 Å². The second-order valence-electron chi connectivity index (χ2n) is 6.06. The van der Waals surface area contributed by atoms with E-state index in [1.807, 2.05) is 24.3 Å². The molecule has 0 bridgehead atoms. The van der Waals surface area contributed by atoms with Crippen molar-refractivity contribution in [1.29, 1.82) is 0 Å². The third-order valence-corrected chi connectivity index (χ3v) is 4.64. The van der Waals surface area contributed by atoms with Crippen molar-refractivity contribution in [3.63, 3.8) is 0 Å². The number of carbonyl (C=O) groups is 1. The number of aliphatic hydroxyl groups is 1. The molecule has 1 amide bonds. The molecular weight excluding hydrogens is 300 g/mol. The van der Waals surface area contributed by atoms with Gasteiger partial charge >= 0.3 is 0 Å². The highest BCUT2D eigenvalue weighted by molar-refractivity contribution is 6.30. The number of amides is 1. The summed E-state index contributed by atoms with van der Waals surface area (Å²) < 4.78 is 0. The van der Waals surface area contributed by atoms with Gasteiger partial charge in [-0.3, -0.25) is 4.79 Å². The Kier molecular flexibility index (Phi) is 6.24. The molecule has 0 saturated carbocycles. The van der Waals surface area contributed by atoms with E-state index in [0.717, 1.165) is 37.9 Å². The molecule has 0 unspecified atom stereocenters. The minimum Gasteiger partial charge on any atom is -0.385 e. The van der Waals surface area contributed by atoms with Crippen LogP contribution in [0.25, 0.3) is 0 Å². The van der Waals surface area contributed by atoms with Crippen LogP contribution in [0, 0.1) is 5.92 Å². The van der Waals surface area contributed by atoms with Gasteiger partial charge in [-0.05, 0) is 49.9 Å². The topological polar surface area (TPSA) is 61.4 Å². The van der Waals surface area contributed by atoms with Crippen LogP contribution in [0.3, 0.4) is 0 Å². The van der Waals surface area contributed by atoms with Crippen molar-refractivity contribution in [3.05, 3.63) is 34.9 Å². The maximum absolute atomic E-state index is 11.4. The summed E-state index contributed by atoms with van der Waals surface area (Å²) in [6.07, 6.45) is 3.41. The van der Waals surface area contributed by atoms with Gasteiger partial charge < -0.3 is 15.7 Å². The minimum absolute atomic E-state index is 0.0365. The molecule has 5 heteroatoms. The lowest BCUT2D eigenvalue weighted by Crippen LogP contribution is -2.44. The summed E-state index contributed by atoms with van der Waals surface area (Å²) in [6.45, 7) is 3.91. The Morgan fingerprint density at radius 2 is 2.36 bits per heavy atom. The van der Waals surface area contributed by atoms with Gasteiger partial charge in [0.15, 0.2) is 0 Å². The Bertz CT molecular complexity index is 503. The SMILES string of the molecule is CC(=O)NCCC[C@@](O)(c1cccc(Cl)c1)[C@@H]1CCCNC1. The summed E-state index contributed by atoms with van der Waals surface area (Å²) in [5.74, 6) is 0.127. The number of carbonyl (C=O) groups excluding carboxylic acids is 1.